The molecule has 0 saturated carbocycles. The Morgan fingerprint density at radius 2 is 1.67 bits per heavy atom. The number of hydrogen-bond acceptors (Lipinski definition) is 5. The smallest absolute Gasteiger partial charge is 0.337 e. The second kappa shape index (κ2) is 12.2. The highest BCUT2D eigenvalue weighted by atomic mass is 16.5. The van der Waals surface area contributed by atoms with Gasteiger partial charge in [0, 0.05) is 6.42 Å². The van der Waals surface area contributed by atoms with Gasteiger partial charge in [0.25, 0.3) is 0 Å². The van der Waals surface area contributed by atoms with Crippen LogP contribution in [0.15, 0.2) is 30.3 Å². The summed E-state index contributed by atoms with van der Waals surface area (Å²) in [7, 11) is 0. The molecule has 6 heteroatoms. The quantitative estimate of drug-likeness (QED) is 0.382. The van der Waals surface area contributed by atoms with E-state index in [1.165, 1.54) is 49.7 Å². The Morgan fingerprint density at radius 3 is 2.33 bits per heavy atom. The average Bonchev–Trinajstić information content (AvgIpc) is 3.13. The van der Waals surface area contributed by atoms with Crippen molar-refractivity contribution in [3.8, 4) is 0 Å². The van der Waals surface area contributed by atoms with E-state index < -0.39 is 6.04 Å². The van der Waals surface area contributed by atoms with Gasteiger partial charge in [-0.2, -0.15) is 0 Å². The summed E-state index contributed by atoms with van der Waals surface area (Å²) in [5.41, 5.74) is 0.798. The second-order valence-electron chi connectivity index (χ2n) is 6.82. The minimum absolute atomic E-state index is 0.321. The molecule has 148 valence electrons. The van der Waals surface area contributed by atoms with Gasteiger partial charge in [0.2, 0.25) is 0 Å². The third kappa shape index (κ3) is 7.12. The van der Waals surface area contributed by atoms with E-state index in [4.69, 9.17) is 4.74 Å². The van der Waals surface area contributed by atoms with Crippen LogP contribution in [0, 0.1) is 0 Å². The van der Waals surface area contributed by atoms with Gasteiger partial charge < -0.3 is 4.74 Å². The molecule has 0 radical (unpaired) electrons. The van der Waals surface area contributed by atoms with Gasteiger partial charge in [0.1, 0.15) is 0 Å². The largest absolute Gasteiger partial charge is 0.464 e. The molecule has 0 aliphatic heterocycles. The Balaban J connectivity index is 1.87. The number of esters is 1. The lowest BCUT2D eigenvalue weighted by atomic mass is 10.1. The first-order chi connectivity index (χ1) is 13.3. The Kier molecular flexibility index (Phi) is 9.52. The summed E-state index contributed by atoms with van der Waals surface area (Å²) in [5.74, 6) is 0.325. The normalized spacial score (nSPS) is 12.1. The molecule has 0 N–H and O–H groups in total. The van der Waals surface area contributed by atoms with E-state index in [0.717, 1.165) is 18.4 Å². The molecule has 2 rings (SSSR count). The van der Waals surface area contributed by atoms with Crippen LogP contribution in [0.5, 0.6) is 0 Å². The maximum Gasteiger partial charge on any atom is 0.337 e. The minimum atomic E-state index is -0.689. The zero-order valence-corrected chi connectivity index (χ0v) is 16.6. The Morgan fingerprint density at radius 1 is 1.00 bits per heavy atom. The molecule has 1 aromatic heterocycles. The summed E-state index contributed by atoms with van der Waals surface area (Å²) in [6.45, 7) is 4.36. The van der Waals surface area contributed by atoms with Crippen molar-refractivity contribution in [1.82, 2.24) is 20.2 Å². The maximum absolute atomic E-state index is 12.4. The number of rotatable bonds is 13. The molecule has 0 aliphatic carbocycles. The van der Waals surface area contributed by atoms with Crippen molar-refractivity contribution < 1.29 is 9.53 Å². The molecular formula is C21H32N4O2. The Labute approximate surface area is 162 Å². The molecule has 0 saturated heterocycles. The van der Waals surface area contributed by atoms with Crippen LogP contribution in [-0.2, 0) is 16.0 Å². The molecule has 0 amide bonds. The summed E-state index contributed by atoms with van der Waals surface area (Å²) < 4.78 is 5.21. The first-order valence-electron chi connectivity index (χ1n) is 10.3. The lowest BCUT2D eigenvalue weighted by molar-refractivity contribution is -0.146. The number of unbranched alkanes of at least 4 members (excludes halogenated alkanes) is 7. The lowest BCUT2D eigenvalue weighted by Crippen LogP contribution is -2.25. The zero-order chi connectivity index (χ0) is 19.3. The summed E-state index contributed by atoms with van der Waals surface area (Å²) in [6.07, 6.45) is 10.9. The van der Waals surface area contributed by atoms with E-state index >= 15 is 0 Å². The Hall–Kier alpha value is -2.24. The van der Waals surface area contributed by atoms with Crippen LogP contribution >= 0.6 is 0 Å². The molecule has 1 heterocycles. The van der Waals surface area contributed by atoms with Crippen molar-refractivity contribution in [2.24, 2.45) is 0 Å². The summed E-state index contributed by atoms with van der Waals surface area (Å²) in [6, 6.07) is 8.76. The van der Waals surface area contributed by atoms with Gasteiger partial charge in [-0.05, 0) is 24.1 Å². The van der Waals surface area contributed by atoms with E-state index in [2.05, 4.69) is 22.3 Å². The van der Waals surface area contributed by atoms with E-state index in [1.807, 2.05) is 30.3 Å². The van der Waals surface area contributed by atoms with E-state index in [1.54, 1.807) is 6.92 Å². The highest BCUT2D eigenvalue weighted by Gasteiger charge is 2.26. The predicted octanol–water partition coefficient (Wildman–Crippen LogP) is 4.51. The molecule has 1 aromatic carbocycles. The van der Waals surface area contributed by atoms with Crippen molar-refractivity contribution in [2.45, 2.75) is 77.7 Å². The lowest BCUT2D eigenvalue weighted by Gasteiger charge is -2.14. The van der Waals surface area contributed by atoms with Crippen molar-refractivity contribution in [3.63, 3.8) is 0 Å². The third-order valence-electron chi connectivity index (χ3n) is 4.58. The summed E-state index contributed by atoms with van der Waals surface area (Å²) >= 11 is 0. The fourth-order valence-corrected chi connectivity index (χ4v) is 3.10. The molecule has 2 aromatic rings. The van der Waals surface area contributed by atoms with E-state index in [-0.39, 0.29) is 5.97 Å². The molecule has 0 aliphatic rings. The van der Waals surface area contributed by atoms with Gasteiger partial charge in [0.05, 0.1) is 6.61 Å². The molecule has 6 nitrogen and oxygen atoms in total. The number of carbonyl (C=O) groups excluding carboxylic acids is 1. The van der Waals surface area contributed by atoms with Crippen LogP contribution in [0.25, 0.3) is 0 Å². The number of aryl methyl sites for hydroxylation is 1. The van der Waals surface area contributed by atoms with Crippen LogP contribution in [0.4, 0.5) is 0 Å². The molecule has 0 spiro atoms. The van der Waals surface area contributed by atoms with Crippen molar-refractivity contribution >= 4 is 5.97 Å². The number of aromatic nitrogens is 4. The summed E-state index contributed by atoms with van der Waals surface area (Å²) in [5, 5.41) is 12.7. The maximum atomic E-state index is 12.4. The first kappa shape index (κ1) is 21.1. The van der Waals surface area contributed by atoms with Crippen LogP contribution < -0.4 is 0 Å². The van der Waals surface area contributed by atoms with Crippen molar-refractivity contribution in [2.75, 3.05) is 6.61 Å². The fourth-order valence-electron chi connectivity index (χ4n) is 3.10. The van der Waals surface area contributed by atoms with Crippen molar-refractivity contribution in [3.05, 3.63) is 41.7 Å². The van der Waals surface area contributed by atoms with E-state index in [0.29, 0.717) is 12.4 Å². The van der Waals surface area contributed by atoms with Crippen LogP contribution in [0.3, 0.4) is 0 Å². The number of benzene rings is 1. The number of carbonyl (C=O) groups is 1. The summed E-state index contributed by atoms with van der Waals surface area (Å²) in [4.78, 5) is 13.8. The van der Waals surface area contributed by atoms with Crippen molar-refractivity contribution in [1.29, 1.82) is 0 Å². The highest BCUT2D eigenvalue weighted by Crippen LogP contribution is 2.18. The Bertz CT molecular complexity index is 657. The number of tetrazole rings is 1. The molecule has 0 bridgehead atoms. The zero-order valence-electron chi connectivity index (χ0n) is 16.6. The molecule has 1 unspecified atom stereocenters. The second-order valence-corrected chi connectivity index (χ2v) is 6.82. The van der Waals surface area contributed by atoms with E-state index in [9.17, 15) is 4.79 Å². The third-order valence-corrected chi connectivity index (χ3v) is 4.58. The van der Waals surface area contributed by atoms with Gasteiger partial charge in [-0.15, -0.1) is 15.0 Å². The average molecular weight is 373 g/mol. The SMILES string of the molecule is CCCCCCCCCCc1nnn(C(C(=O)OCC)c2ccccc2)n1. The number of ether oxygens (including phenoxy) is 1. The topological polar surface area (TPSA) is 69.9 Å². The van der Waals surface area contributed by atoms with Crippen LogP contribution in [0.2, 0.25) is 0 Å². The van der Waals surface area contributed by atoms with Gasteiger partial charge in [-0.3, -0.25) is 0 Å². The van der Waals surface area contributed by atoms with Crippen LogP contribution in [0.1, 0.15) is 82.6 Å². The van der Waals surface area contributed by atoms with Crippen LogP contribution in [-0.4, -0.2) is 32.8 Å². The monoisotopic (exact) mass is 372 g/mol. The van der Waals surface area contributed by atoms with Gasteiger partial charge in [-0.1, -0.05) is 82.2 Å². The number of nitrogens with zero attached hydrogens (tertiary/aromatic N) is 4. The minimum Gasteiger partial charge on any atom is -0.464 e. The van der Waals surface area contributed by atoms with Gasteiger partial charge in [-0.25, -0.2) is 4.79 Å². The molecule has 27 heavy (non-hydrogen) atoms. The molecule has 0 fully saturated rings. The number of hydrogen-bond donors (Lipinski definition) is 0. The predicted molar refractivity (Wildman–Crippen MR) is 105 cm³/mol. The highest BCUT2D eigenvalue weighted by molar-refractivity contribution is 5.77. The first-order valence-corrected chi connectivity index (χ1v) is 10.3. The molecular weight excluding hydrogens is 340 g/mol. The standard InChI is InChI=1S/C21H32N4O2/c1-3-5-6-7-8-9-10-14-17-19-22-24-25(23-19)20(21(26)27-4-2)18-15-12-11-13-16-18/h11-13,15-16,20H,3-10,14,17H2,1-2H3. The van der Waals surface area contributed by atoms with Gasteiger partial charge in [0.15, 0.2) is 11.9 Å². The molecule has 1 atom stereocenters. The van der Waals surface area contributed by atoms with Gasteiger partial charge >= 0.3 is 5.97 Å². The fraction of sp³-hybridized carbons (Fsp3) is 0.619.